The predicted molar refractivity (Wildman–Crippen MR) is 141 cm³/mol. The summed E-state index contributed by atoms with van der Waals surface area (Å²) in [5, 5.41) is 27.3. The van der Waals surface area contributed by atoms with Gasteiger partial charge >= 0.3 is 5.97 Å². The number of carbonyl (C=O) groups excluding carboxylic acids is 2. The molecular weight excluding hydrogens is 494 g/mol. The van der Waals surface area contributed by atoms with Gasteiger partial charge in [-0.15, -0.1) is 11.3 Å². The molecule has 1 unspecified atom stereocenters. The molecule has 37 heavy (non-hydrogen) atoms. The molecule has 0 bridgehead atoms. The zero-order chi connectivity index (χ0) is 26.9. The molecule has 0 aliphatic carbocycles. The van der Waals surface area contributed by atoms with Crippen molar-refractivity contribution >= 4 is 35.1 Å². The number of aryl methyl sites for hydroxylation is 4. The Morgan fingerprint density at radius 2 is 1.78 bits per heavy atom. The van der Waals surface area contributed by atoms with Crippen molar-refractivity contribution in [1.82, 2.24) is 20.6 Å². The number of carbonyl (C=O) groups is 3. The lowest BCUT2D eigenvalue weighted by molar-refractivity contribution is -0.139. The minimum absolute atomic E-state index is 0.189. The van der Waals surface area contributed by atoms with E-state index in [0.717, 1.165) is 29.7 Å². The third-order valence-electron chi connectivity index (χ3n) is 5.64. The van der Waals surface area contributed by atoms with Gasteiger partial charge in [-0.25, -0.2) is 14.8 Å². The van der Waals surface area contributed by atoms with Gasteiger partial charge in [0.05, 0.1) is 21.8 Å². The Bertz CT molecular complexity index is 1250. The van der Waals surface area contributed by atoms with Crippen molar-refractivity contribution in [2.24, 2.45) is 0 Å². The summed E-state index contributed by atoms with van der Waals surface area (Å²) in [6.07, 6.45) is 2.35. The van der Waals surface area contributed by atoms with Crippen LogP contribution in [0.15, 0.2) is 36.4 Å². The number of carboxylic acid groups (broad SMARTS) is 1. The van der Waals surface area contributed by atoms with E-state index in [1.54, 1.807) is 38.1 Å². The smallest absolute Gasteiger partial charge is 0.328 e. The fourth-order valence-corrected chi connectivity index (χ4v) is 4.59. The van der Waals surface area contributed by atoms with Crippen LogP contribution in [-0.2, 0) is 17.6 Å². The van der Waals surface area contributed by atoms with Crippen LogP contribution in [0.2, 0.25) is 0 Å². The first kappa shape index (κ1) is 27.6. The molecule has 3 rings (SSSR count). The number of aromatic nitrogens is 2. The van der Waals surface area contributed by atoms with Crippen molar-refractivity contribution in [3.8, 4) is 5.75 Å². The van der Waals surface area contributed by atoms with E-state index in [9.17, 15) is 24.6 Å². The molecule has 0 saturated heterocycles. The summed E-state index contributed by atoms with van der Waals surface area (Å²) in [6.45, 7) is 5.61. The molecule has 11 heteroatoms. The van der Waals surface area contributed by atoms with Crippen LogP contribution in [-0.4, -0.2) is 57.1 Å². The fraction of sp³-hybridized carbons (Fsp3) is 0.346. The van der Waals surface area contributed by atoms with Gasteiger partial charge in [-0.3, -0.25) is 9.59 Å². The van der Waals surface area contributed by atoms with Crippen molar-refractivity contribution < 1.29 is 24.6 Å². The molecular formula is C26H31N5O5S. The fourth-order valence-electron chi connectivity index (χ4n) is 3.73. The summed E-state index contributed by atoms with van der Waals surface area (Å²) < 4.78 is 0. The summed E-state index contributed by atoms with van der Waals surface area (Å²) in [6, 6.07) is 9.31. The highest BCUT2D eigenvalue weighted by Crippen LogP contribution is 2.17. The average Bonchev–Trinajstić information content (AvgIpc) is 3.33. The highest BCUT2D eigenvalue weighted by molar-refractivity contribution is 7.14. The maximum atomic E-state index is 12.9. The SMILES string of the molecule is CCc1ccc(C(=O)NCC(NC(=O)c2c(C)nc(NCCCc3cccc(O)c3)nc2C)C(=O)O)s1. The van der Waals surface area contributed by atoms with Crippen LogP contribution < -0.4 is 16.0 Å². The van der Waals surface area contributed by atoms with Gasteiger partial charge in [0.15, 0.2) is 0 Å². The van der Waals surface area contributed by atoms with Crippen molar-refractivity contribution in [2.45, 2.75) is 46.1 Å². The molecule has 196 valence electrons. The zero-order valence-electron chi connectivity index (χ0n) is 21.0. The minimum atomic E-state index is -1.32. The van der Waals surface area contributed by atoms with Gasteiger partial charge in [0.2, 0.25) is 5.95 Å². The Morgan fingerprint density at radius 3 is 2.41 bits per heavy atom. The second-order valence-corrected chi connectivity index (χ2v) is 9.66. The normalized spacial score (nSPS) is 11.5. The number of aliphatic carboxylic acids is 1. The summed E-state index contributed by atoms with van der Waals surface area (Å²) in [4.78, 5) is 47.2. The molecule has 2 aromatic heterocycles. The van der Waals surface area contributed by atoms with Crippen molar-refractivity contribution in [2.75, 3.05) is 18.4 Å². The minimum Gasteiger partial charge on any atom is -0.508 e. The molecule has 2 amide bonds. The van der Waals surface area contributed by atoms with E-state index < -0.39 is 17.9 Å². The molecule has 0 aliphatic rings. The molecule has 2 heterocycles. The third kappa shape index (κ3) is 7.74. The lowest BCUT2D eigenvalue weighted by Gasteiger charge is -2.17. The Morgan fingerprint density at radius 1 is 1.05 bits per heavy atom. The van der Waals surface area contributed by atoms with Gasteiger partial charge in [-0.1, -0.05) is 19.1 Å². The number of hydrogen-bond acceptors (Lipinski definition) is 8. The monoisotopic (exact) mass is 525 g/mol. The van der Waals surface area contributed by atoms with E-state index in [1.165, 1.54) is 11.3 Å². The molecule has 1 atom stereocenters. The highest BCUT2D eigenvalue weighted by atomic mass is 32.1. The molecule has 0 radical (unpaired) electrons. The molecule has 0 aliphatic heterocycles. The van der Waals surface area contributed by atoms with Crippen LogP contribution in [0.5, 0.6) is 5.75 Å². The summed E-state index contributed by atoms with van der Waals surface area (Å²) in [5.74, 6) is -1.69. The van der Waals surface area contributed by atoms with E-state index >= 15 is 0 Å². The van der Waals surface area contributed by atoms with Gasteiger partial charge in [0, 0.05) is 18.0 Å². The highest BCUT2D eigenvalue weighted by Gasteiger charge is 2.25. The van der Waals surface area contributed by atoms with E-state index in [0.29, 0.717) is 28.8 Å². The van der Waals surface area contributed by atoms with Gasteiger partial charge in [0.1, 0.15) is 11.8 Å². The third-order valence-corrected chi connectivity index (χ3v) is 6.87. The van der Waals surface area contributed by atoms with Crippen LogP contribution in [0.4, 0.5) is 5.95 Å². The first-order chi connectivity index (χ1) is 17.7. The number of carboxylic acids is 1. The molecule has 0 spiro atoms. The number of hydrogen-bond donors (Lipinski definition) is 5. The molecule has 5 N–H and O–H groups in total. The zero-order valence-corrected chi connectivity index (χ0v) is 21.8. The number of rotatable bonds is 12. The number of phenols is 1. The van der Waals surface area contributed by atoms with Crippen molar-refractivity contribution in [1.29, 1.82) is 0 Å². The molecule has 3 aromatic rings. The molecule has 1 aromatic carbocycles. The van der Waals surface area contributed by atoms with Gasteiger partial charge in [-0.05, 0) is 62.9 Å². The van der Waals surface area contributed by atoms with E-state index in [4.69, 9.17) is 0 Å². The maximum Gasteiger partial charge on any atom is 0.328 e. The Balaban J connectivity index is 1.56. The topological polar surface area (TPSA) is 154 Å². The number of nitrogens with one attached hydrogen (secondary N) is 3. The van der Waals surface area contributed by atoms with Crippen LogP contribution in [0.25, 0.3) is 0 Å². The van der Waals surface area contributed by atoms with E-state index in [1.807, 2.05) is 19.1 Å². The summed E-state index contributed by atoms with van der Waals surface area (Å²) in [5.41, 5.74) is 2.01. The first-order valence-electron chi connectivity index (χ1n) is 12.0. The Kier molecular flexibility index (Phi) is 9.56. The lowest BCUT2D eigenvalue weighted by Crippen LogP contribution is -2.48. The number of anilines is 1. The quantitative estimate of drug-likeness (QED) is 0.226. The second kappa shape index (κ2) is 12.8. The van der Waals surface area contributed by atoms with Crippen LogP contribution in [0, 0.1) is 13.8 Å². The van der Waals surface area contributed by atoms with Gasteiger partial charge < -0.3 is 26.2 Å². The summed E-state index contributed by atoms with van der Waals surface area (Å²) >= 11 is 1.34. The molecule has 0 fully saturated rings. The first-order valence-corrected chi connectivity index (χ1v) is 12.8. The van der Waals surface area contributed by atoms with Gasteiger partial charge in [-0.2, -0.15) is 0 Å². The van der Waals surface area contributed by atoms with Crippen LogP contribution >= 0.6 is 11.3 Å². The van der Waals surface area contributed by atoms with Crippen molar-refractivity contribution in [3.63, 3.8) is 0 Å². The Labute approximate surface area is 219 Å². The van der Waals surface area contributed by atoms with Crippen LogP contribution in [0.3, 0.4) is 0 Å². The number of thiophene rings is 1. The Hall–Kier alpha value is -3.99. The van der Waals surface area contributed by atoms with E-state index in [-0.39, 0.29) is 23.8 Å². The van der Waals surface area contributed by atoms with Gasteiger partial charge in [0.25, 0.3) is 11.8 Å². The van der Waals surface area contributed by atoms with Crippen LogP contribution in [0.1, 0.15) is 55.2 Å². The lowest BCUT2D eigenvalue weighted by atomic mass is 10.1. The second-order valence-electron chi connectivity index (χ2n) is 8.49. The molecule has 10 nitrogen and oxygen atoms in total. The number of benzene rings is 1. The number of amides is 2. The predicted octanol–water partition coefficient (Wildman–Crippen LogP) is 3.08. The maximum absolute atomic E-state index is 12.9. The van der Waals surface area contributed by atoms with Crippen molar-refractivity contribution in [3.05, 3.63) is 68.7 Å². The average molecular weight is 526 g/mol. The largest absolute Gasteiger partial charge is 0.508 e. The number of aromatic hydroxyl groups is 1. The molecule has 0 saturated carbocycles. The summed E-state index contributed by atoms with van der Waals surface area (Å²) in [7, 11) is 0. The van der Waals surface area contributed by atoms with E-state index in [2.05, 4.69) is 25.9 Å². The standard InChI is InChI=1S/C26H31N5O5S/c1-4-19-10-11-21(37-19)23(33)28-14-20(25(35)36)31-24(34)22-15(2)29-26(30-16(22)3)27-12-6-8-17-7-5-9-18(32)13-17/h5,7,9-11,13,20,32H,4,6,8,12,14H2,1-3H3,(H,28,33)(H,31,34)(H,35,36)(H,27,29,30). The number of nitrogens with zero attached hydrogens (tertiary/aromatic N) is 2. The number of phenolic OH excluding ortho intramolecular Hbond substituents is 1.